The van der Waals surface area contributed by atoms with Crippen molar-refractivity contribution >= 4 is 52.5 Å². The lowest BCUT2D eigenvalue weighted by atomic mass is 10.1. The van der Waals surface area contributed by atoms with Crippen LogP contribution in [0.3, 0.4) is 0 Å². The number of rotatable bonds is 7. The minimum atomic E-state index is -0.555. The third kappa shape index (κ3) is 6.18. The molecule has 3 rings (SSSR count). The molecule has 0 fully saturated rings. The molecular weight excluding hydrogens is 471 g/mol. The van der Waals surface area contributed by atoms with E-state index in [9.17, 15) is 10.1 Å². The molecule has 0 aliphatic heterocycles. The fourth-order valence-corrected chi connectivity index (χ4v) is 3.16. The topological polar surface area (TPSA) is 71.3 Å². The smallest absolute Gasteiger partial charge is 0.266 e. The highest BCUT2D eigenvalue weighted by atomic mass is 35.5. The first-order chi connectivity index (χ1) is 15.4. The maximum Gasteiger partial charge on any atom is 0.266 e. The van der Waals surface area contributed by atoms with Crippen LogP contribution in [-0.4, -0.2) is 13.0 Å². The second-order valence-electron chi connectivity index (χ2n) is 6.57. The van der Waals surface area contributed by atoms with Crippen molar-refractivity contribution in [1.82, 2.24) is 0 Å². The van der Waals surface area contributed by atoms with Crippen LogP contribution in [0.1, 0.15) is 11.1 Å². The van der Waals surface area contributed by atoms with Gasteiger partial charge in [-0.2, -0.15) is 5.26 Å². The van der Waals surface area contributed by atoms with E-state index in [0.29, 0.717) is 37.8 Å². The number of ether oxygens (including phenoxy) is 2. The zero-order valence-electron chi connectivity index (χ0n) is 16.9. The molecule has 0 aromatic heterocycles. The lowest BCUT2D eigenvalue weighted by Crippen LogP contribution is -2.13. The van der Waals surface area contributed by atoms with Gasteiger partial charge < -0.3 is 14.8 Å². The van der Waals surface area contributed by atoms with Gasteiger partial charge in [0.25, 0.3) is 5.91 Å². The molecule has 8 heteroatoms. The zero-order valence-corrected chi connectivity index (χ0v) is 19.1. The van der Waals surface area contributed by atoms with Crippen LogP contribution >= 0.6 is 34.8 Å². The van der Waals surface area contributed by atoms with E-state index < -0.39 is 5.91 Å². The summed E-state index contributed by atoms with van der Waals surface area (Å²) in [6.07, 6.45) is 1.45. The van der Waals surface area contributed by atoms with E-state index in [1.54, 1.807) is 60.7 Å². The number of amides is 1. The van der Waals surface area contributed by atoms with Crippen LogP contribution in [0.25, 0.3) is 6.08 Å². The molecular formula is C24H17Cl3N2O3. The standard InChI is InChI=1S/C24H17Cl3N2O3/c1-31-20-8-3-16(23(12-20)32-14-15-2-9-21(26)22(27)10-15)11-17(13-28)24(30)29-19-6-4-18(25)5-7-19/h2-12H,14H2,1H3,(H,29,30)/b17-11+. The van der Waals surface area contributed by atoms with Crippen molar-refractivity contribution in [1.29, 1.82) is 5.26 Å². The molecule has 1 N–H and O–H groups in total. The average Bonchev–Trinajstić information content (AvgIpc) is 2.80. The van der Waals surface area contributed by atoms with Crippen LogP contribution < -0.4 is 14.8 Å². The maximum atomic E-state index is 12.6. The van der Waals surface area contributed by atoms with E-state index in [-0.39, 0.29) is 12.2 Å². The van der Waals surface area contributed by atoms with Crippen molar-refractivity contribution in [2.24, 2.45) is 0 Å². The Morgan fingerprint density at radius 3 is 2.44 bits per heavy atom. The van der Waals surface area contributed by atoms with Crippen LogP contribution in [-0.2, 0) is 11.4 Å². The Balaban J connectivity index is 1.85. The molecule has 1 amide bonds. The lowest BCUT2D eigenvalue weighted by molar-refractivity contribution is -0.112. The normalized spacial score (nSPS) is 10.9. The van der Waals surface area contributed by atoms with E-state index in [2.05, 4.69) is 5.32 Å². The van der Waals surface area contributed by atoms with Gasteiger partial charge in [0.2, 0.25) is 0 Å². The maximum absolute atomic E-state index is 12.6. The van der Waals surface area contributed by atoms with Crippen LogP contribution in [0.5, 0.6) is 11.5 Å². The molecule has 0 unspecified atom stereocenters. The summed E-state index contributed by atoms with van der Waals surface area (Å²) in [5.41, 5.74) is 1.77. The zero-order chi connectivity index (χ0) is 23.1. The number of nitriles is 1. The van der Waals surface area contributed by atoms with Gasteiger partial charge in [0.05, 0.1) is 17.2 Å². The minimum absolute atomic E-state index is 0.0931. The van der Waals surface area contributed by atoms with Gasteiger partial charge in [0, 0.05) is 22.3 Å². The summed E-state index contributed by atoms with van der Waals surface area (Å²) in [7, 11) is 1.54. The number of hydrogen-bond acceptors (Lipinski definition) is 4. The van der Waals surface area contributed by atoms with E-state index in [1.807, 2.05) is 6.07 Å². The van der Waals surface area contributed by atoms with Crippen LogP contribution in [0.4, 0.5) is 5.69 Å². The van der Waals surface area contributed by atoms with E-state index in [0.717, 1.165) is 5.56 Å². The fraction of sp³-hybridized carbons (Fsp3) is 0.0833. The molecule has 0 radical (unpaired) electrons. The van der Waals surface area contributed by atoms with Gasteiger partial charge in [-0.3, -0.25) is 4.79 Å². The number of nitrogens with zero attached hydrogens (tertiary/aromatic N) is 1. The molecule has 32 heavy (non-hydrogen) atoms. The third-order valence-corrected chi connectivity index (χ3v) is 5.36. The van der Waals surface area contributed by atoms with Gasteiger partial charge in [-0.15, -0.1) is 0 Å². The first kappa shape index (κ1) is 23.5. The molecule has 3 aromatic carbocycles. The molecule has 162 valence electrons. The van der Waals surface area contributed by atoms with Crippen molar-refractivity contribution in [2.75, 3.05) is 12.4 Å². The van der Waals surface area contributed by atoms with Gasteiger partial charge in [0.15, 0.2) is 0 Å². The van der Waals surface area contributed by atoms with Gasteiger partial charge in [0.1, 0.15) is 29.7 Å². The molecule has 0 aliphatic carbocycles. The predicted octanol–water partition coefficient (Wildman–Crippen LogP) is 6.78. The van der Waals surface area contributed by atoms with Gasteiger partial charge >= 0.3 is 0 Å². The summed E-state index contributed by atoms with van der Waals surface area (Å²) < 4.78 is 11.2. The summed E-state index contributed by atoms with van der Waals surface area (Å²) in [6, 6.07) is 18.8. The number of halogens is 3. The van der Waals surface area contributed by atoms with E-state index in [1.165, 1.54) is 13.2 Å². The number of carbonyl (C=O) groups is 1. The van der Waals surface area contributed by atoms with Crippen molar-refractivity contribution < 1.29 is 14.3 Å². The average molecular weight is 488 g/mol. The summed E-state index contributed by atoms with van der Waals surface area (Å²) in [5.74, 6) is 0.443. The molecule has 0 heterocycles. The Kier molecular flexibility index (Phi) is 8.02. The number of anilines is 1. The molecule has 0 aliphatic rings. The Hall–Kier alpha value is -3.17. The van der Waals surface area contributed by atoms with Crippen molar-refractivity contribution in [3.63, 3.8) is 0 Å². The van der Waals surface area contributed by atoms with Crippen molar-refractivity contribution in [3.05, 3.63) is 92.4 Å². The van der Waals surface area contributed by atoms with Crippen molar-refractivity contribution in [3.8, 4) is 17.6 Å². The predicted molar refractivity (Wildman–Crippen MR) is 127 cm³/mol. The van der Waals surface area contributed by atoms with Crippen molar-refractivity contribution in [2.45, 2.75) is 6.61 Å². The highest BCUT2D eigenvalue weighted by Crippen LogP contribution is 2.29. The Morgan fingerprint density at radius 2 is 1.78 bits per heavy atom. The Morgan fingerprint density at radius 1 is 1.03 bits per heavy atom. The monoisotopic (exact) mass is 486 g/mol. The highest BCUT2D eigenvalue weighted by molar-refractivity contribution is 6.42. The second-order valence-corrected chi connectivity index (χ2v) is 7.82. The Labute approximate surface area is 200 Å². The molecule has 0 bridgehead atoms. The number of carbonyl (C=O) groups excluding carboxylic acids is 1. The molecule has 5 nitrogen and oxygen atoms in total. The van der Waals surface area contributed by atoms with E-state index in [4.69, 9.17) is 44.3 Å². The summed E-state index contributed by atoms with van der Waals surface area (Å²) in [4.78, 5) is 12.6. The second kappa shape index (κ2) is 10.9. The van der Waals surface area contributed by atoms with Crippen LogP contribution in [0, 0.1) is 11.3 Å². The minimum Gasteiger partial charge on any atom is -0.497 e. The third-order valence-electron chi connectivity index (χ3n) is 4.37. The van der Waals surface area contributed by atoms with Crippen LogP contribution in [0.2, 0.25) is 15.1 Å². The Bertz CT molecular complexity index is 1200. The molecule has 0 atom stereocenters. The number of hydrogen-bond donors (Lipinski definition) is 1. The quantitative estimate of drug-likeness (QED) is 0.294. The summed E-state index contributed by atoms with van der Waals surface area (Å²) in [6.45, 7) is 0.198. The van der Waals surface area contributed by atoms with Gasteiger partial charge in [-0.1, -0.05) is 40.9 Å². The molecule has 3 aromatic rings. The SMILES string of the molecule is COc1ccc(/C=C(\C#N)C(=O)Nc2ccc(Cl)cc2)c(OCc2ccc(Cl)c(Cl)c2)c1. The fourth-order valence-electron chi connectivity index (χ4n) is 2.71. The first-order valence-electron chi connectivity index (χ1n) is 9.33. The first-order valence-corrected chi connectivity index (χ1v) is 10.5. The molecule has 0 saturated heterocycles. The summed E-state index contributed by atoms with van der Waals surface area (Å²) in [5, 5.41) is 13.6. The lowest BCUT2D eigenvalue weighted by Gasteiger charge is -2.12. The van der Waals surface area contributed by atoms with Gasteiger partial charge in [-0.25, -0.2) is 0 Å². The number of methoxy groups -OCH3 is 1. The summed E-state index contributed by atoms with van der Waals surface area (Å²) >= 11 is 17.9. The van der Waals surface area contributed by atoms with E-state index >= 15 is 0 Å². The molecule has 0 spiro atoms. The van der Waals surface area contributed by atoms with Gasteiger partial charge in [-0.05, 0) is 60.2 Å². The number of nitrogens with one attached hydrogen (secondary N) is 1. The number of benzene rings is 3. The largest absolute Gasteiger partial charge is 0.497 e. The highest BCUT2D eigenvalue weighted by Gasteiger charge is 2.13. The molecule has 0 saturated carbocycles. The van der Waals surface area contributed by atoms with Crippen LogP contribution in [0.15, 0.2) is 66.2 Å².